The van der Waals surface area contributed by atoms with Crippen molar-refractivity contribution in [2.24, 2.45) is 5.92 Å². The minimum atomic E-state index is -1.80. The highest BCUT2D eigenvalue weighted by Gasteiger charge is 2.46. The molecule has 0 aliphatic carbocycles. The maximum atomic E-state index is 12.4. The van der Waals surface area contributed by atoms with Crippen LogP contribution in [0.15, 0.2) is 23.1 Å². The first-order valence-electron chi connectivity index (χ1n) is 5.83. The van der Waals surface area contributed by atoms with E-state index >= 15 is 0 Å². The third kappa shape index (κ3) is 2.30. The molecule has 1 heterocycles. The number of aliphatic carboxylic acids is 1. The minimum Gasteiger partial charge on any atom is -0.542 e. The van der Waals surface area contributed by atoms with Crippen molar-refractivity contribution in [2.75, 3.05) is 0 Å². The van der Waals surface area contributed by atoms with E-state index in [-0.39, 0.29) is 0 Å². The number of thioether (sulfide) groups is 1. The molecule has 0 amide bonds. The molecule has 0 radical (unpaired) electrons. The Morgan fingerprint density at radius 3 is 2.53 bits per heavy atom. The van der Waals surface area contributed by atoms with Gasteiger partial charge >= 0.3 is 0 Å². The summed E-state index contributed by atoms with van der Waals surface area (Å²) in [7, 11) is 0. The highest BCUT2D eigenvalue weighted by molar-refractivity contribution is 8.01. The van der Waals surface area contributed by atoms with Crippen molar-refractivity contribution in [1.82, 2.24) is 0 Å². The number of carbonyl (C=O) groups is 3. The van der Waals surface area contributed by atoms with Crippen molar-refractivity contribution in [3.8, 4) is 0 Å². The number of rotatable bonds is 2. The van der Waals surface area contributed by atoms with Gasteiger partial charge in [-0.15, -0.1) is 11.8 Å². The van der Waals surface area contributed by atoms with Gasteiger partial charge in [-0.05, 0) is 32.9 Å². The van der Waals surface area contributed by atoms with Crippen LogP contribution in [0.1, 0.15) is 29.8 Å². The maximum Gasteiger partial charge on any atom is 0.190 e. The fourth-order valence-corrected chi connectivity index (χ4v) is 3.60. The van der Waals surface area contributed by atoms with E-state index in [1.165, 1.54) is 11.8 Å². The Morgan fingerprint density at radius 1 is 1.32 bits per heavy atom. The number of carboxylic acids is 1. The van der Waals surface area contributed by atoms with E-state index in [9.17, 15) is 19.5 Å². The number of carboxylic acid groups (broad SMARTS) is 1. The monoisotopic (exact) mass is 277 g/mol. The Kier molecular flexibility index (Phi) is 3.26. The normalized spacial score (nSPS) is 20.8. The molecule has 4 nitrogen and oxygen atoms in total. The first-order valence-corrected chi connectivity index (χ1v) is 6.65. The van der Waals surface area contributed by atoms with Crippen LogP contribution in [-0.2, 0) is 9.59 Å². The fourth-order valence-electron chi connectivity index (χ4n) is 2.29. The van der Waals surface area contributed by atoms with Crippen molar-refractivity contribution < 1.29 is 19.5 Å². The molecule has 5 heteroatoms. The SMILES string of the molecule is Cc1ccc2c(c1)C(=O)C(C(=O)C(=O)[O-])C(C)(C)S2. The van der Waals surface area contributed by atoms with Gasteiger partial charge in [0.15, 0.2) is 11.6 Å². The molecule has 1 aliphatic heterocycles. The molecule has 1 aromatic carbocycles. The van der Waals surface area contributed by atoms with Crippen LogP contribution in [-0.4, -0.2) is 22.3 Å². The van der Waals surface area contributed by atoms with Crippen LogP contribution in [0.4, 0.5) is 0 Å². The average molecular weight is 277 g/mol. The van der Waals surface area contributed by atoms with Crippen LogP contribution in [0.25, 0.3) is 0 Å². The summed E-state index contributed by atoms with van der Waals surface area (Å²) in [5, 5.41) is 10.8. The van der Waals surface area contributed by atoms with Crippen molar-refractivity contribution in [2.45, 2.75) is 30.4 Å². The van der Waals surface area contributed by atoms with Crippen LogP contribution in [0.5, 0.6) is 0 Å². The second kappa shape index (κ2) is 4.49. The molecule has 0 aromatic heterocycles. The van der Waals surface area contributed by atoms with Crippen LogP contribution in [0, 0.1) is 12.8 Å². The zero-order chi connectivity index (χ0) is 14.4. The number of fused-ring (bicyclic) bond motifs is 1. The summed E-state index contributed by atoms with van der Waals surface area (Å²) in [6, 6.07) is 5.40. The number of Topliss-reactive ketones (excluding diaryl/α,β-unsaturated/α-hetero) is 2. The van der Waals surface area contributed by atoms with Gasteiger partial charge in [0, 0.05) is 15.2 Å². The van der Waals surface area contributed by atoms with Gasteiger partial charge in [-0.3, -0.25) is 9.59 Å². The van der Waals surface area contributed by atoms with Crippen LogP contribution < -0.4 is 5.11 Å². The molecular formula is C14H13O4S-. The van der Waals surface area contributed by atoms with Gasteiger partial charge in [0.05, 0.1) is 0 Å². The molecule has 0 saturated heterocycles. The Morgan fingerprint density at radius 2 is 1.95 bits per heavy atom. The van der Waals surface area contributed by atoms with E-state index in [0.29, 0.717) is 5.56 Å². The number of aryl methyl sites for hydroxylation is 1. The third-order valence-corrected chi connectivity index (χ3v) is 4.53. The molecule has 100 valence electrons. The summed E-state index contributed by atoms with van der Waals surface area (Å²) < 4.78 is -0.795. The van der Waals surface area contributed by atoms with Gasteiger partial charge < -0.3 is 9.90 Å². The van der Waals surface area contributed by atoms with Crippen LogP contribution >= 0.6 is 11.8 Å². The van der Waals surface area contributed by atoms with Gasteiger partial charge in [0.1, 0.15) is 11.9 Å². The predicted octanol–water partition coefficient (Wildman–Crippen LogP) is 0.997. The number of carbonyl (C=O) groups excluding carboxylic acids is 3. The van der Waals surface area contributed by atoms with E-state index in [2.05, 4.69) is 0 Å². The molecule has 1 aliphatic rings. The summed E-state index contributed by atoms with van der Waals surface area (Å²) in [5.74, 6) is -4.58. The van der Waals surface area contributed by atoms with E-state index in [4.69, 9.17) is 0 Å². The summed E-state index contributed by atoms with van der Waals surface area (Å²) in [4.78, 5) is 35.7. The maximum absolute atomic E-state index is 12.4. The minimum absolute atomic E-state index is 0.420. The van der Waals surface area contributed by atoms with Crippen LogP contribution in [0.2, 0.25) is 0 Å². The first-order chi connectivity index (χ1) is 8.74. The number of benzene rings is 1. The van der Waals surface area contributed by atoms with E-state index < -0.39 is 28.2 Å². The third-order valence-electron chi connectivity index (χ3n) is 3.19. The molecule has 0 saturated carbocycles. The van der Waals surface area contributed by atoms with Crippen molar-refractivity contribution in [3.05, 3.63) is 29.3 Å². The van der Waals surface area contributed by atoms with Crippen LogP contribution in [0.3, 0.4) is 0 Å². The lowest BCUT2D eigenvalue weighted by Gasteiger charge is -2.36. The Labute approximate surface area is 115 Å². The van der Waals surface area contributed by atoms with E-state index in [0.717, 1.165) is 10.5 Å². The number of ketones is 2. The highest BCUT2D eigenvalue weighted by atomic mass is 32.2. The molecular weight excluding hydrogens is 264 g/mol. The summed E-state index contributed by atoms with van der Waals surface area (Å²) in [5.41, 5.74) is 1.32. The zero-order valence-corrected chi connectivity index (χ0v) is 11.7. The smallest absolute Gasteiger partial charge is 0.190 e. The molecule has 1 aromatic rings. The Bertz CT molecular complexity index is 589. The van der Waals surface area contributed by atoms with E-state index in [1.54, 1.807) is 19.9 Å². The van der Waals surface area contributed by atoms with Crippen molar-refractivity contribution in [1.29, 1.82) is 0 Å². The highest BCUT2D eigenvalue weighted by Crippen LogP contribution is 2.46. The lowest BCUT2D eigenvalue weighted by Crippen LogP contribution is -2.49. The zero-order valence-electron chi connectivity index (χ0n) is 10.9. The fraction of sp³-hybridized carbons (Fsp3) is 0.357. The predicted molar refractivity (Wildman–Crippen MR) is 68.9 cm³/mol. The van der Waals surface area contributed by atoms with Gasteiger partial charge in [0.25, 0.3) is 0 Å². The molecule has 0 N–H and O–H groups in total. The number of hydrogen-bond donors (Lipinski definition) is 0. The molecule has 0 spiro atoms. The standard InChI is InChI=1S/C14H14O4S/c1-7-4-5-9-8(6-7)11(15)10(12(16)13(17)18)14(2,3)19-9/h4-6,10H,1-3H3,(H,17,18)/p-1. The molecule has 2 rings (SSSR count). The van der Waals surface area contributed by atoms with E-state index in [1.807, 2.05) is 19.1 Å². The second-order valence-electron chi connectivity index (χ2n) is 5.15. The average Bonchev–Trinajstić information content (AvgIpc) is 2.29. The summed E-state index contributed by atoms with van der Waals surface area (Å²) in [6.45, 7) is 5.24. The van der Waals surface area contributed by atoms with Gasteiger partial charge in [0.2, 0.25) is 0 Å². The Hall–Kier alpha value is -1.62. The lowest BCUT2D eigenvalue weighted by molar-refractivity contribution is -0.300. The molecule has 1 unspecified atom stereocenters. The first kappa shape index (κ1) is 13.8. The lowest BCUT2D eigenvalue weighted by atomic mass is 9.83. The van der Waals surface area contributed by atoms with Crippen molar-refractivity contribution >= 4 is 29.3 Å². The largest absolute Gasteiger partial charge is 0.542 e. The molecule has 19 heavy (non-hydrogen) atoms. The summed E-state index contributed by atoms with van der Waals surface area (Å²) in [6.07, 6.45) is 0. The topological polar surface area (TPSA) is 74.3 Å². The summed E-state index contributed by atoms with van der Waals surface area (Å²) >= 11 is 1.35. The second-order valence-corrected chi connectivity index (χ2v) is 6.85. The number of hydrogen-bond acceptors (Lipinski definition) is 5. The van der Waals surface area contributed by atoms with Gasteiger partial charge in [-0.25, -0.2) is 0 Å². The van der Waals surface area contributed by atoms with Crippen molar-refractivity contribution in [3.63, 3.8) is 0 Å². The molecule has 0 fully saturated rings. The van der Waals surface area contributed by atoms with Gasteiger partial charge in [-0.2, -0.15) is 0 Å². The van der Waals surface area contributed by atoms with Gasteiger partial charge in [-0.1, -0.05) is 11.6 Å². The molecule has 0 bridgehead atoms. The molecule has 1 atom stereocenters. The quantitative estimate of drug-likeness (QED) is 0.595. The Balaban J connectivity index is 2.56.